The standard InChI is InChI=1S/C2H5FO3S/c1-6-2-7(3,4)5/h2H2,1H3. The van der Waals surface area contributed by atoms with E-state index in [1.165, 1.54) is 0 Å². The van der Waals surface area contributed by atoms with Crippen LogP contribution in [0.2, 0.25) is 0 Å². The lowest BCUT2D eigenvalue weighted by molar-refractivity contribution is 0.245. The molecule has 3 nitrogen and oxygen atoms in total. The van der Waals surface area contributed by atoms with Crippen molar-refractivity contribution in [1.82, 2.24) is 0 Å². The van der Waals surface area contributed by atoms with E-state index in [1.807, 2.05) is 0 Å². The van der Waals surface area contributed by atoms with Crippen LogP contribution in [0.3, 0.4) is 0 Å². The van der Waals surface area contributed by atoms with E-state index in [4.69, 9.17) is 0 Å². The van der Waals surface area contributed by atoms with E-state index in [1.54, 1.807) is 0 Å². The fraction of sp³-hybridized carbons (Fsp3) is 1.00. The maximum atomic E-state index is 11.2. The lowest BCUT2D eigenvalue weighted by Gasteiger charge is -1.85. The van der Waals surface area contributed by atoms with Crippen molar-refractivity contribution in [3.63, 3.8) is 0 Å². The third-order valence-corrected chi connectivity index (χ3v) is 0.776. The summed E-state index contributed by atoms with van der Waals surface area (Å²) >= 11 is 0. The van der Waals surface area contributed by atoms with Gasteiger partial charge in [0, 0.05) is 7.11 Å². The van der Waals surface area contributed by atoms with Crippen molar-refractivity contribution in [3.8, 4) is 0 Å². The van der Waals surface area contributed by atoms with Gasteiger partial charge in [-0.3, -0.25) is 0 Å². The van der Waals surface area contributed by atoms with Crippen LogP contribution in [0.15, 0.2) is 0 Å². The van der Waals surface area contributed by atoms with Crippen molar-refractivity contribution in [2.24, 2.45) is 0 Å². The van der Waals surface area contributed by atoms with Crippen LogP contribution in [0.25, 0.3) is 0 Å². The Kier molecular flexibility index (Phi) is 2.17. The van der Waals surface area contributed by atoms with Gasteiger partial charge in [0.05, 0.1) is 0 Å². The van der Waals surface area contributed by atoms with Crippen LogP contribution in [0.5, 0.6) is 0 Å². The Morgan fingerprint density at radius 3 is 2.14 bits per heavy atom. The lowest BCUT2D eigenvalue weighted by atomic mass is 11.5. The highest BCUT2D eigenvalue weighted by atomic mass is 32.3. The number of methoxy groups -OCH3 is 1. The monoisotopic (exact) mass is 128 g/mol. The highest BCUT2D eigenvalue weighted by Crippen LogP contribution is 1.87. The zero-order valence-electron chi connectivity index (χ0n) is 3.72. The molecule has 0 amide bonds. The Labute approximate surface area is 41.3 Å². The van der Waals surface area contributed by atoms with Gasteiger partial charge in [0.2, 0.25) is 0 Å². The zero-order chi connectivity index (χ0) is 5.91. The molecule has 0 heterocycles. The first kappa shape index (κ1) is 6.84. The first-order valence-corrected chi connectivity index (χ1v) is 3.03. The SMILES string of the molecule is COCS(=O)(=O)F. The highest BCUT2D eigenvalue weighted by Gasteiger charge is 2.02. The molecule has 0 aliphatic heterocycles. The average molecular weight is 128 g/mol. The Balaban J connectivity index is 3.60. The van der Waals surface area contributed by atoms with Gasteiger partial charge in [0.1, 0.15) is 0 Å². The second kappa shape index (κ2) is 2.23. The van der Waals surface area contributed by atoms with E-state index in [2.05, 4.69) is 4.74 Å². The van der Waals surface area contributed by atoms with Crippen LogP contribution in [0, 0.1) is 0 Å². The molecule has 7 heavy (non-hydrogen) atoms. The molecule has 0 aliphatic rings. The predicted molar refractivity (Wildman–Crippen MR) is 21.9 cm³/mol. The van der Waals surface area contributed by atoms with E-state index in [-0.39, 0.29) is 0 Å². The van der Waals surface area contributed by atoms with Gasteiger partial charge in [0.15, 0.2) is 5.94 Å². The van der Waals surface area contributed by atoms with Crippen LogP contribution in [0.4, 0.5) is 3.89 Å². The molecule has 0 N–H and O–H groups in total. The molecule has 0 fully saturated rings. The van der Waals surface area contributed by atoms with Crippen molar-refractivity contribution in [2.45, 2.75) is 0 Å². The van der Waals surface area contributed by atoms with Crippen LogP contribution < -0.4 is 0 Å². The molecule has 0 atom stereocenters. The first-order valence-electron chi connectivity index (χ1n) is 1.47. The van der Waals surface area contributed by atoms with Gasteiger partial charge in [-0.2, -0.15) is 8.42 Å². The number of halogens is 1. The van der Waals surface area contributed by atoms with Crippen LogP contribution in [0.1, 0.15) is 0 Å². The molecule has 0 radical (unpaired) electrons. The van der Waals surface area contributed by atoms with Crippen molar-refractivity contribution in [1.29, 1.82) is 0 Å². The number of ether oxygens (including phenoxy) is 1. The molecule has 0 unspecified atom stereocenters. The Morgan fingerprint density at radius 1 is 1.71 bits per heavy atom. The fourth-order valence-electron chi connectivity index (χ4n) is 0.141. The molecule has 5 heteroatoms. The zero-order valence-corrected chi connectivity index (χ0v) is 4.53. The van der Waals surface area contributed by atoms with E-state index < -0.39 is 16.2 Å². The summed E-state index contributed by atoms with van der Waals surface area (Å²) in [5.74, 6) is -0.854. The Hall–Kier alpha value is -0.160. The Morgan fingerprint density at radius 2 is 2.14 bits per heavy atom. The number of hydrogen-bond acceptors (Lipinski definition) is 3. The van der Waals surface area contributed by atoms with Crippen molar-refractivity contribution in [2.75, 3.05) is 13.0 Å². The van der Waals surface area contributed by atoms with Gasteiger partial charge < -0.3 is 4.74 Å². The van der Waals surface area contributed by atoms with Crippen molar-refractivity contribution >= 4 is 10.2 Å². The van der Waals surface area contributed by atoms with E-state index >= 15 is 0 Å². The second-order valence-corrected chi connectivity index (χ2v) is 2.26. The molecule has 0 aromatic rings. The van der Waals surface area contributed by atoms with Gasteiger partial charge >= 0.3 is 10.2 Å². The van der Waals surface area contributed by atoms with Crippen LogP contribution in [-0.2, 0) is 15.0 Å². The summed E-state index contributed by atoms with van der Waals surface area (Å²) in [5.41, 5.74) is 0. The maximum absolute atomic E-state index is 11.2. The molecule has 0 rings (SSSR count). The third kappa shape index (κ3) is 5.84. The van der Waals surface area contributed by atoms with Gasteiger partial charge in [-0.1, -0.05) is 0 Å². The minimum Gasteiger partial charge on any atom is -0.366 e. The van der Waals surface area contributed by atoms with E-state index in [0.717, 1.165) is 7.11 Å². The van der Waals surface area contributed by atoms with Crippen molar-refractivity contribution < 1.29 is 17.0 Å². The minimum absolute atomic E-state index is 0.854. The van der Waals surface area contributed by atoms with Crippen molar-refractivity contribution in [3.05, 3.63) is 0 Å². The molecule has 0 saturated carbocycles. The summed E-state index contributed by atoms with van der Waals surface area (Å²) in [6.45, 7) is 0. The summed E-state index contributed by atoms with van der Waals surface area (Å²) in [7, 11) is -3.29. The molecule has 0 aliphatic carbocycles. The molecule has 0 spiro atoms. The van der Waals surface area contributed by atoms with Gasteiger partial charge in [0.25, 0.3) is 0 Å². The summed E-state index contributed by atoms with van der Waals surface area (Å²) in [6, 6.07) is 0. The van der Waals surface area contributed by atoms with E-state index in [0.29, 0.717) is 0 Å². The molecule has 44 valence electrons. The minimum atomic E-state index is -4.40. The number of rotatable bonds is 2. The second-order valence-electron chi connectivity index (χ2n) is 0.945. The van der Waals surface area contributed by atoms with E-state index in [9.17, 15) is 12.3 Å². The quantitative estimate of drug-likeness (QED) is 0.487. The van der Waals surface area contributed by atoms with Gasteiger partial charge in [-0.15, -0.1) is 3.89 Å². The number of hydrogen-bond donors (Lipinski definition) is 0. The highest BCUT2D eigenvalue weighted by molar-refractivity contribution is 7.86. The molecular weight excluding hydrogens is 123 g/mol. The average Bonchev–Trinajstić information content (AvgIpc) is 1.30. The maximum Gasteiger partial charge on any atom is 0.326 e. The first-order chi connectivity index (χ1) is 3.06. The smallest absolute Gasteiger partial charge is 0.326 e. The fourth-order valence-corrected chi connectivity index (χ4v) is 0.422. The van der Waals surface area contributed by atoms with Crippen LogP contribution in [-0.4, -0.2) is 21.5 Å². The summed E-state index contributed by atoms with van der Waals surface area (Å²) in [5, 5.41) is 0. The lowest BCUT2D eigenvalue weighted by Crippen LogP contribution is -1.98. The Bertz CT molecular complexity index is 126. The third-order valence-electron chi connectivity index (χ3n) is 0.259. The van der Waals surface area contributed by atoms with Gasteiger partial charge in [-0.05, 0) is 0 Å². The molecule has 0 bridgehead atoms. The molecule has 0 aromatic carbocycles. The molecular formula is C2H5FO3S. The molecule has 0 aromatic heterocycles. The summed E-state index contributed by atoms with van der Waals surface area (Å²) in [6.07, 6.45) is 0. The predicted octanol–water partition coefficient (Wildman–Crippen LogP) is -0.110. The summed E-state index contributed by atoms with van der Waals surface area (Å²) in [4.78, 5) is 0. The van der Waals surface area contributed by atoms with Gasteiger partial charge in [-0.25, -0.2) is 0 Å². The molecule has 0 saturated heterocycles. The topological polar surface area (TPSA) is 43.4 Å². The normalized spacial score (nSPS) is 11.7. The van der Waals surface area contributed by atoms with Crippen LogP contribution >= 0.6 is 0 Å². The largest absolute Gasteiger partial charge is 0.366 e. The summed E-state index contributed by atoms with van der Waals surface area (Å²) < 4.78 is 34.1.